The van der Waals surface area contributed by atoms with Gasteiger partial charge in [-0.05, 0) is 74.2 Å². The molecule has 3 aromatic carbocycles. The summed E-state index contributed by atoms with van der Waals surface area (Å²) in [6.07, 6.45) is 0.215. The summed E-state index contributed by atoms with van der Waals surface area (Å²) < 4.78 is 46.0. The third-order valence-electron chi connectivity index (χ3n) is 9.43. The molecule has 1 aliphatic carbocycles. The number of carbonyl (C=O) groups excluding carboxylic acids is 1. The van der Waals surface area contributed by atoms with E-state index in [9.17, 15) is 28.0 Å². The minimum atomic E-state index is -4.63. The van der Waals surface area contributed by atoms with E-state index in [-0.39, 0.29) is 23.0 Å². The Morgan fingerprint density at radius 3 is 2.32 bits per heavy atom. The zero-order chi connectivity index (χ0) is 35.6. The van der Waals surface area contributed by atoms with Crippen LogP contribution in [0.5, 0.6) is 0 Å². The fraction of sp³-hybridized carbons (Fsp3) is 0.316. The lowest BCUT2D eigenvalue weighted by Gasteiger charge is -2.36. The molecule has 2 heterocycles. The quantitative estimate of drug-likeness (QED) is 0.180. The number of quaternary nitrogens is 1. The van der Waals surface area contributed by atoms with Gasteiger partial charge in [0.1, 0.15) is 17.8 Å². The molecule has 50 heavy (non-hydrogen) atoms. The maximum atomic E-state index is 14.2. The number of aromatic nitrogens is 4. The number of nitriles is 1. The van der Waals surface area contributed by atoms with Crippen LogP contribution < -0.4 is 10.9 Å². The number of nitrogens with one attached hydrogen (secondary N) is 1. The van der Waals surface area contributed by atoms with Crippen LogP contribution in [0, 0.1) is 17.2 Å². The van der Waals surface area contributed by atoms with Crippen LogP contribution in [0.2, 0.25) is 0 Å². The lowest BCUT2D eigenvalue weighted by atomic mass is 9.85. The van der Waals surface area contributed by atoms with Gasteiger partial charge < -0.3 is 9.80 Å². The summed E-state index contributed by atoms with van der Waals surface area (Å²) in [6, 6.07) is 25.0. The summed E-state index contributed by atoms with van der Waals surface area (Å²) in [6.45, 7) is 1.92. The lowest BCUT2D eigenvalue weighted by molar-refractivity contribution is -0.907. The molecule has 5 aromatic rings. The Hall–Kier alpha value is -5.41. The summed E-state index contributed by atoms with van der Waals surface area (Å²) in [7, 11) is 6.00. The monoisotopic (exact) mass is 682 g/mol. The molecule has 0 saturated heterocycles. The molecule has 0 aliphatic heterocycles. The van der Waals surface area contributed by atoms with Crippen molar-refractivity contribution in [3.8, 4) is 28.8 Å². The number of hydrogen-bond acceptors (Lipinski definition) is 4. The maximum absolute atomic E-state index is 14.2. The van der Waals surface area contributed by atoms with E-state index in [4.69, 9.17) is 0 Å². The number of nitrogens with zero attached hydrogens (tertiary/aromatic N) is 6. The fourth-order valence-electron chi connectivity index (χ4n) is 7.16. The first kappa shape index (κ1) is 34.5. The molecule has 1 saturated carbocycles. The molecule has 0 bridgehead atoms. The van der Waals surface area contributed by atoms with Gasteiger partial charge in [0.15, 0.2) is 0 Å². The van der Waals surface area contributed by atoms with E-state index < -0.39 is 23.2 Å². The van der Waals surface area contributed by atoms with Crippen molar-refractivity contribution in [2.45, 2.75) is 44.4 Å². The van der Waals surface area contributed by atoms with Crippen LogP contribution in [0.25, 0.3) is 22.8 Å². The summed E-state index contributed by atoms with van der Waals surface area (Å²) in [5.74, 6) is -0.114. The van der Waals surface area contributed by atoms with E-state index in [0.717, 1.165) is 60.1 Å². The molecule has 2 aromatic heterocycles. The Labute approximate surface area is 288 Å². The second-order valence-electron chi connectivity index (χ2n) is 13.7. The molecular formula is C38H39F3N7O2+. The van der Waals surface area contributed by atoms with Gasteiger partial charge in [0.25, 0.3) is 11.5 Å². The maximum Gasteiger partial charge on any atom is 0.416 e. The standard InChI is InChI=1S/C38H38F3N7O2/c1-45-35(33-20-21-43-46(33)31-18-14-26(23-42)15-19-31)34(37(50)47(45)32-11-7-10-29(22-32)38(39,40)41)36(49)44-30-16-12-28(13-17-30)25-48(2,3)24-27-8-5-4-6-9-27/h4-11,14-15,18-22,28,30H,12-13,16-17,24-25H2,1-3H3/p+1/t28-,30-. The first-order chi connectivity index (χ1) is 23.8. The topological polar surface area (TPSA) is 97.6 Å². The second kappa shape index (κ2) is 13.8. The van der Waals surface area contributed by atoms with E-state index in [2.05, 4.69) is 54.8 Å². The molecular weight excluding hydrogens is 643 g/mol. The van der Waals surface area contributed by atoms with Crippen molar-refractivity contribution in [2.24, 2.45) is 13.0 Å². The molecule has 0 spiro atoms. The summed E-state index contributed by atoms with van der Waals surface area (Å²) in [5.41, 5.74) is 0.986. The molecule has 1 fully saturated rings. The highest BCUT2D eigenvalue weighted by Gasteiger charge is 2.34. The Morgan fingerprint density at radius 1 is 0.960 bits per heavy atom. The Morgan fingerprint density at radius 2 is 1.66 bits per heavy atom. The van der Waals surface area contributed by atoms with Crippen molar-refractivity contribution in [1.82, 2.24) is 24.5 Å². The zero-order valence-electron chi connectivity index (χ0n) is 28.2. The predicted octanol–water partition coefficient (Wildman–Crippen LogP) is 6.48. The molecule has 0 radical (unpaired) electrons. The van der Waals surface area contributed by atoms with E-state index in [1.165, 1.54) is 40.3 Å². The molecule has 9 nitrogen and oxygen atoms in total. The van der Waals surface area contributed by atoms with E-state index >= 15 is 0 Å². The molecule has 12 heteroatoms. The Balaban J connectivity index is 1.30. The average Bonchev–Trinajstić information content (AvgIpc) is 3.67. The van der Waals surface area contributed by atoms with Crippen LogP contribution in [0.4, 0.5) is 13.2 Å². The molecule has 0 unspecified atom stereocenters. The summed E-state index contributed by atoms with van der Waals surface area (Å²) in [5, 5.41) is 16.8. The van der Waals surface area contributed by atoms with Crippen LogP contribution in [-0.2, 0) is 19.8 Å². The van der Waals surface area contributed by atoms with Crippen LogP contribution in [0.1, 0.15) is 52.7 Å². The van der Waals surface area contributed by atoms with Gasteiger partial charge in [0, 0.05) is 24.6 Å². The lowest BCUT2D eigenvalue weighted by Crippen LogP contribution is -2.45. The van der Waals surface area contributed by atoms with Gasteiger partial charge in [-0.25, -0.2) is 9.36 Å². The third-order valence-corrected chi connectivity index (χ3v) is 9.43. The SMILES string of the molecule is Cn1c(-c2ccnn2-c2ccc(C#N)cc2)c(C(=O)N[C@H]2CC[C@H](C[N+](C)(C)Cc3ccccc3)CC2)c(=O)n1-c1cccc(C(F)(F)F)c1. The highest BCUT2D eigenvalue weighted by molar-refractivity contribution is 6.00. The van der Waals surface area contributed by atoms with Crippen molar-refractivity contribution in [3.05, 3.63) is 124 Å². The number of alkyl halides is 3. The first-order valence-corrected chi connectivity index (χ1v) is 16.6. The average molecular weight is 683 g/mol. The smallest absolute Gasteiger partial charge is 0.349 e. The van der Waals surface area contributed by atoms with Crippen molar-refractivity contribution in [2.75, 3.05) is 20.6 Å². The van der Waals surface area contributed by atoms with Gasteiger partial charge in [-0.3, -0.25) is 14.3 Å². The van der Waals surface area contributed by atoms with Crippen LogP contribution >= 0.6 is 0 Å². The normalized spacial score (nSPS) is 16.6. The van der Waals surface area contributed by atoms with E-state index in [0.29, 0.717) is 22.9 Å². The molecule has 1 N–H and O–H groups in total. The third kappa shape index (κ3) is 7.28. The number of hydrogen-bond donors (Lipinski definition) is 1. The van der Waals surface area contributed by atoms with Gasteiger partial charge in [-0.1, -0.05) is 36.4 Å². The predicted molar refractivity (Wildman–Crippen MR) is 184 cm³/mol. The van der Waals surface area contributed by atoms with Crippen molar-refractivity contribution in [1.29, 1.82) is 5.26 Å². The molecule has 6 rings (SSSR count). The number of carbonyl (C=O) groups is 1. The fourth-order valence-corrected chi connectivity index (χ4v) is 7.16. The number of amides is 1. The minimum absolute atomic E-state index is 0.0335. The van der Waals surface area contributed by atoms with E-state index in [1.807, 2.05) is 6.07 Å². The second-order valence-corrected chi connectivity index (χ2v) is 13.7. The number of rotatable bonds is 9. The van der Waals surface area contributed by atoms with Gasteiger partial charge in [-0.2, -0.15) is 23.5 Å². The number of halogens is 3. The number of benzene rings is 3. The van der Waals surface area contributed by atoms with Gasteiger partial charge in [0.2, 0.25) is 0 Å². The highest BCUT2D eigenvalue weighted by atomic mass is 19.4. The summed E-state index contributed by atoms with van der Waals surface area (Å²) >= 11 is 0. The largest absolute Gasteiger partial charge is 0.416 e. The highest BCUT2D eigenvalue weighted by Crippen LogP contribution is 2.32. The van der Waals surface area contributed by atoms with Crippen molar-refractivity contribution < 1.29 is 22.4 Å². The van der Waals surface area contributed by atoms with Crippen LogP contribution in [0.15, 0.2) is 95.9 Å². The Kier molecular flexibility index (Phi) is 9.54. The van der Waals surface area contributed by atoms with Crippen molar-refractivity contribution in [3.63, 3.8) is 0 Å². The van der Waals surface area contributed by atoms with Crippen molar-refractivity contribution >= 4 is 5.91 Å². The van der Waals surface area contributed by atoms with Crippen LogP contribution in [0.3, 0.4) is 0 Å². The molecule has 1 aliphatic rings. The van der Waals surface area contributed by atoms with Crippen LogP contribution in [-0.4, -0.2) is 56.2 Å². The summed E-state index contributed by atoms with van der Waals surface area (Å²) in [4.78, 5) is 28.3. The van der Waals surface area contributed by atoms with E-state index in [1.54, 1.807) is 30.3 Å². The van der Waals surface area contributed by atoms with Gasteiger partial charge in [0.05, 0.1) is 61.1 Å². The van der Waals surface area contributed by atoms with Gasteiger partial charge >= 0.3 is 6.18 Å². The molecule has 0 atom stereocenters. The zero-order valence-corrected chi connectivity index (χ0v) is 28.2. The first-order valence-electron chi connectivity index (χ1n) is 16.6. The Bertz CT molecular complexity index is 2080. The molecule has 258 valence electrons. The molecule has 1 amide bonds. The minimum Gasteiger partial charge on any atom is -0.349 e. The van der Waals surface area contributed by atoms with Gasteiger partial charge in [-0.15, -0.1) is 0 Å².